The van der Waals surface area contributed by atoms with Gasteiger partial charge in [-0.1, -0.05) is 60.7 Å². The molecule has 1 amide bonds. The Balaban J connectivity index is 2.01. The van der Waals surface area contributed by atoms with Crippen LogP contribution in [0.1, 0.15) is 11.1 Å². The molecule has 0 aromatic heterocycles. The summed E-state index contributed by atoms with van der Waals surface area (Å²) in [4.78, 5) is 19.3. The third kappa shape index (κ3) is 1.85. The number of allylic oxidation sites excluding steroid dienone is 2. The van der Waals surface area contributed by atoms with Crippen molar-refractivity contribution in [3.8, 4) is 0 Å². The summed E-state index contributed by atoms with van der Waals surface area (Å²) in [6.07, 6.45) is 4.81. The summed E-state index contributed by atoms with van der Waals surface area (Å²) in [5.74, 6) is 0.0839. The molecule has 4 rings (SSSR count). The topological polar surface area (TPSA) is 52.9 Å². The van der Waals surface area contributed by atoms with Crippen LogP contribution in [-0.4, -0.2) is 21.7 Å². The summed E-state index contributed by atoms with van der Waals surface area (Å²) in [5.41, 5.74) is 0.382. The molecule has 0 aliphatic carbocycles. The van der Waals surface area contributed by atoms with Crippen LogP contribution in [0.25, 0.3) is 0 Å². The van der Waals surface area contributed by atoms with Gasteiger partial charge >= 0.3 is 0 Å². The summed E-state index contributed by atoms with van der Waals surface area (Å²) < 4.78 is 0. The maximum atomic E-state index is 13.2. The number of aliphatic hydroxyl groups is 1. The number of amides is 1. The number of hydrogen-bond donors (Lipinski definition) is 1. The van der Waals surface area contributed by atoms with E-state index in [-0.39, 0.29) is 17.5 Å². The van der Waals surface area contributed by atoms with Gasteiger partial charge in [0.2, 0.25) is 0 Å². The molecule has 0 radical (unpaired) electrons. The fourth-order valence-electron chi connectivity index (χ4n) is 3.05. The molecule has 0 spiro atoms. The second-order valence-electron chi connectivity index (χ2n) is 5.45. The Kier molecular flexibility index (Phi) is 2.91. The molecule has 2 heterocycles. The highest BCUT2D eigenvalue weighted by Crippen LogP contribution is 2.41. The molecular weight excluding hydrogens is 288 g/mol. The van der Waals surface area contributed by atoms with Gasteiger partial charge in [-0.05, 0) is 23.3 Å². The van der Waals surface area contributed by atoms with Crippen molar-refractivity contribution in [2.24, 2.45) is 4.99 Å². The number of fused-ring (bicyclic) bond motifs is 1. The van der Waals surface area contributed by atoms with Crippen LogP contribution in [0.2, 0.25) is 0 Å². The van der Waals surface area contributed by atoms with E-state index in [0.717, 1.165) is 11.1 Å². The second-order valence-corrected chi connectivity index (χ2v) is 5.45. The zero-order valence-electron chi connectivity index (χ0n) is 12.3. The predicted molar refractivity (Wildman–Crippen MR) is 87.8 cm³/mol. The molecule has 0 atom stereocenters. The Labute approximate surface area is 133 Å². The van der Waals surface area contributed by atoms with Crippen molar-refractivity contribution in [3.63, 3.8) is 0 Å². The Hall–Kier alpha value is -3.14. The van der Waals surface area contributed by atoms with E-state index < -0.39 is 5.54 Å². The van der Waals surface area contributed by atoms with Crippen LogP contribution in [0.4, 0.5) is 0 Å². The van der Waals surface area contributed by atoms with Crippen molar-refractivity contribution in [1.29, 1.82) is 0 Å². The van der Waals surface area contributed by atoms with Crippen LogP contribution < -0.4 is 0 Å². The number of aliphatic hydroxyl groups excluding tert-OH is 1. The van der Waals surface area contributed by atoms with Gasteiger partial charge in [0.25, 0.3) is 5.91 Å². The molecule has 2 aliphatic rings. The van der Waals surface area contributed by atoms with E-state index in [1.165, 1.54) is 11.0 Å². The third-order valence-corrected chi connectivity index (χ3v) is 4.13. The fraction of sp³-hybridized carbons (Fsp3) is 0.0526. The fourth-order valence-corrected chi connectivity index (χ4v) is 3.05. The number of carbonyl (C=O) groups excluding carboxylic acids is 1. The van der Waals surface area contributed by atoms with Gasteiger partial charge in [-0.15, -0.1) is 0 Å². The lowest BCUT2D eigenvalue weighted by atomic mass is 9.83. The van der Waals surface area contributed by atoms with E-state index in [1.807, 2.05) is 60.7 Å². The lowest BCUT2D eigenvalue weighted by molar-refractivity contribution is -0.128. The highest BCUT2D eigenvalue weighted by Gasteiger charge is 2.51. The number of nitrogens with zero attached hydrogens (tertiary/aromatic N) is 2. The monoisotopic (exact) mass is 302 g/mol. The molecule has 0 saturated carbocycles. The first-order valence-corrected chi connectivity index (χ1v) is 7.36. The summed E-state index contributed by atoms with van der Waals surface area (Å²) in [7, 11) is 0. The van der Waals surface area contributed by atoms with E-state index in [9.17, 15) is 9.90 Å². The largest absolute Gasteiger partial charge is 0.504 e. The molecule has 2 aromatic rings. The smallest absolute Gasteiger partial charge is 0.269 e. The Morgan fingerprint density at radius 2 is 1.48 bits per heavy atom. The van der Waals surface area contributed by atoms with E-state index in [2.05, 4.69) is 4.99 Å². The summed E-state index contributed by atoms with van der Waals surface area (Å²) in [5, 5.41) is 10.1. The quantitative estimate of drug-likeness (QED) is 0.926. The van der Waals surface area contributed by atoms with Crippen molar-refractivity contribution >= 4 is 11.7 Å². The van der Waals surface area contributed by atoms with E-state index >= 15 is 0 Å². The van der Waals surface area contributed by atoms with Gasteiger partial charge in [0.1, 0.15) is 0 Å². The molecule has 23 heavy (non-hydrogen) atoms. The van der Waals surface area contributed by atoms with Gasteiger partial charge in [-0.3, -0.25) is 9.69 Å². The van der Waals surface area contributed by atoms with Gasteiger partial charge in [-0.2, -0.15) is 0 Å². The summed E-state index contributed by atoms with van der Waals surface area (Å²) in [6, 6.07) is 18.9. The molecule has 0 unspecified atom stereocenters. The number of hydrogen-bond acceptors (Lipinski definition) is 3. The maximum absolute atomic E-state index is 13.2. The minimum Gasteiger partial charge on any atom is -0.504 e. The van der Waals surface area contributed by atoms with Crippen molar-refractivity contribution in [2.45, 2.75) is 5.54 Å². The van der Waals surface area contributed by atoms with Gasteiger partial charge in [-0.25, -0.2) is 4.99 Å². The van der Waals surface area contributed by atoms with Crippen LogP contribution in [0.5, 0.6) is 0 Å². The summed E-state index contributed by atoms with van der Waals surface area (Å²) in [6.45, 7) is 0. The number of aliphatic imine (C=N–C) groups is 1. The van der Waals surface area contributed by atoms with E-state index in [1.54, 1.807) is 12.3 Å². The van der Waals surface area contributed by atoms with Crippen LogP contribution in [-0.2, 0) is 10.3 Å². The van der Waals surface area contributed by atoms with Gasteiger partial charge in [0, 0.05) is 6.20 Å². The molecule has 2 aromatic carbocycles. The zero-order valence-corrected chi connectivity index (χ0v) is 12.3. The summed E-state index contributed by atoms with van der Waals surface area (Å²) >= 11 is 0. The first-order valence-electron chi connectivity index (χ1n) is 7.36. The maximum Gasteiger partial charge on any atom is 0.269 e. The molecule has 4 heteroatoms. The lowest BCUT2D eigenvalue weighted by Crippen LogP contribution is -2.39. The average Bonchev–Trinajstić information content (AvgIpc) is 2.92. The Morgan fingerprint density at radius 3 is 2.00 bits per heavy atom. The highest BCUT2D eigenvalue weighted by atomic mass is 16.3. The molecule has 1 N–H and O–H groups in total. The average molecular weight is 302 g/mol. The Morgan fingerprint density at radius 1 is 0.913 bits per heavy atom. The van der Waals surface area contributed by atoms with E-state index in [0.29, 0.717) is 0 Å². The molecule has 2 aliphatic heterocycles. The first kappa shape index (κ1) is 13.5. The standard InChI is InChI=1S/C19H14N2O2/c22-16-12-7-13-21-17(16)20-19(18(21)23,14-8-3-1-4-9-14)15-10-5-2-6-11-15/h1-13,22H. The predicted octanol–water partition coefficient (Wildman–Crippen LogP) is 3.14. The number of carbonyl (C=O) groups is 1. The normalized spacial score (nSPS) is 18.4. The van der Waals surface area contributed by atoms with Crippen LogP contribution in [0.3, 0.4) is 0 Å². The molecule has 0 bridgehead atoms. The molecule has 112 valence electrons. The lowest BCUT2D eigenvalue weighted by Gasteiger charge is -2.26. The van der Waals surface area contributed by atoms with Crippen LogP contribution >= 0.6 is 0 Å². The van der Waals surface area contributed by atoms with Gasteiger partial charge in [0.05, 0.1) is 0 Å². The third-order valence-electron chi connectivity index (χ3n) is 4.13. The van der Waals surface area contributed by atoms with Crippen LogP contribution in [0.15, 0.2) is 89.8 Å². The number of amidine groups is 1. The first-order chi connectivity index (χ1) is 11.2. The van der Waals surface area contributed by atoms with Gasteiger partial charge in [0.15, 0.2) is 17.1 Å². The molecule has 0 fully saturated rings. The van der Waals surface area contributed by atoms with Crippen molar-refractivity contribution in [3.05, 3.63) is 95.9 Å². The zero-order chi connectivity index (χ0) is 15.9. The van der Waals surface area contributed by atoms with Crippen molar-refractivity contribution in [2.75, 3.05) is 0 Å². The van der Waals surface area contributed by atoms with Crippen molar-refractivity contribution < 1.29 is 9.90 Å². The second kappa shape index (κ2) is 4.95. The minimum absolute atomic E-state index is 0.00501. The number of benzene rings is 2. The number of rotatable bonds is 2. The van der Waals surface area contributed by atoms with Crippen LogP contribution in [0, 0.1) is 0 Å². The SMILES string of the molecule is O=C1N2C=CC=C(O)C2=NC1(c1ccccc1)c1ccccc1. The molecule has 0 saturated heterocycles. The van der Waals surface area contributed by atoms with Gasteiger partial charge < -0.3 is 5.11 Å². The van der Waals surface area contributed by atoms with Crippen molar-refractivity contribution in [1.82, 2.24) is 4.90 Å². The highest BCUT2D eigenvalue weighted by molar-refractivity contribution is 6.17. The van der Waals surface area contributed by atoms with E-state index in [4.69, 9.17) is 0 Å². The molecular formula is C19H14N2O2. The molecule has 4 nitrogen and oxygen atoms in total. The minimum atomic E-state index is -1.17. The Bertz CT molecular complexity index is 812.